The maximum absolute atomic E-state index is 13.8. The minimum atomic E-state index is -1.04. The molecule has 0 saturated heterocycles. The van der Waals surface area contributed by atoms with Gasteiger partial charge < -0.3 is 10.2 Å². The average molecular weight is 292 g/mol. The summed E-state index contributed by atoms with van der Waals surface area (Å²) in [6.45, 7) is 5.60. The highest BCUT2D eigenvalue weighted by Crippen LogP contribution is 2.48. The van der Waals surface area contributed by atoms with Crippen LogP contribution >= 0.6 is 0 Å². The predicted molar refractivity (Wildman–Crippen MR) is 79.4 cm³/mol. The molecule has 0 radical (unpaired) electrons. The lowest BCUT2D eigenvalue weighted by Crippen LogP contribution is -2.50. The molecule has 0 heterocycles. The molecule has 1 aromatic carbocycles. The second kappa shape index (κ2) is 5.13. The summed E-state index contributed by atoms with van der Waals surface area (Å²) in [7, 11) is 1.51. The summed E-state index contributed by atoms with van der Waals surface area (Å²) in [5.74, 6) is -1.10. The number of benzene rings is 1. The molecule has 114 valence electrons. The lowest BCUT2D eigenvalue weighted by atomic mass is 10.0. The summed E-state index contributed by atoms with van der Waals surface area (Å²) >= 11 is 0. The summed E-state index contributed by atoms with van der Waals surface area (Å²) in [6.07, 6.45) is 1.01. The number of rotatable bonds is 3. The first-order valence-corrected chi connectivity index (χ1v) is 7.03. The molecule has 0 spiro atoms. The molecule has 0 aliphatic heterocycles. The molecule has 0 bridgehead atoms. The Bertz CT molecular complexity index is 574. The first kappa shape index (κ1) is 15.5. The molecule has 0 unspecified atom stereocenters. The van der Waals surface area contributed by atoms with Crippen LogP contribution in [-0.4, -0.2) is 24.4 Å². The number of carbonyl (C=O) groups excluding carboxylic acids is 2. The van der Waals surface area contributed by atoms with Gasteiger partial charge in [0.1, 0.15) is 11.2 Å². The van der Waals surface area contributed by atoms with E-state index in [0.29, 0.717) is 12.8 Å². The quantitative estimate of drug-likeness (QED) is 0.870. The van der Waals surface area contributed by atoms with Gasteiger partial charge in [0.15, 0.2) is 0 Å². The lowest BCUT2D eigenvalue weighted by Gasteiger charge is -2.27. The van der Waals surface area contributed by atoms with Crippen molar-refractivity contribution in [1.82, 2.24) is 5.32 Å². The molecule has 21 heavy (non-hydrogen) atoms. The zero-order valence-electron chi connectivity index (χ0n) is 12.9. The van der Waals surface area contributed by atoms with Gasteiger partial charge in [0.2, 0.25) is 11.8 Å². The van der Waals surface area contributed by atoms with Crippen LogP contribution in [0.4, 0.5) is 10.1 Å². The Morgan fingerprint density at radius 2 is 1.81 bits per heavy atom. The topological polar surface area (TPSA) is 49.4 Å². The molecule has 1 aromatic rings. The number of carbonyl (C=O) groups is 2. The first-order valence-electron chi connectivity index (χ1n) is 7.03. The number of halogens is 1. The van der Waals surface area contributed by atoms with Crippen molar-refractivity contribution in [3.63, 3.8) is 0 Å². The SMILES string of the molecule is CN(C(=O)C1(C(=O)NC(C)(C)C)CC1)c1ccccc1F. The molecule has 1 saturated carbocycles. The first-order chi connectivity index (χ1) is 9.67. The van der Waals surface area contributed by atoms with Crippen LogP contribution < -0.4 is 10.2 Å². The number of nitrogens with zero attached hydrogens (tertiary/aromatic N) is 1. The number of para-hydroxylation sites is 1. The summed E-state index contributed by atoms with van der Waals surface area (Å²) in [5, 5.41) is 2.84. The van der Waals surface area contributed by atoms with Gasteiger partial charge in [-0.25, -0.2) is 4.39 Å². The molecule has 4 nitrogen and oxygen atoms in total. The number of hydrogen-bond acceptors (Lipinski definition) is 2. The van der Waals surface area contributed by atoms with Crippen LogP contribution in [0.3, 0.4) is 0 Å². The molecule has 1 N–H and O–H groups in total. The third-order valence-corrected chi connectivity index (χ3v) is 3.60. The van der Waals surface area contributed by atoms with E-state index in [4.69, 9.17) is 0 Å². The van der Waals surface area contributed by atoms with Gasteiger partial charge in [-0.1, -0.05) is 12.1 Å². The molecular weight excluding hydrogens is 271 g/mol. The highest BCUT2D eigenvalue weighted by molar-refractivity contribution is 6.14. The summed E-state index contributed by atoms with van der Waals surface area (Å²) in [5.41, 5.74) is -1.24. The molecule has 2 amide bonds. The normalized spacial score (nSPS) is 16.2. The van der Waals surface area contributed by atoms with Gasteiger partial charge in [0.05, 0.1) is 5.69 Å². The zero-order chi connectivity index (χ0) is 15.8. The van der Waals surface area contributed by atoms with Crippen molar-refractivity contribution in [3.05, 3.63) is 30.1 Å². The Kier molecular flexibility index (Phi) is 3.78. The van der Waals surface area contributed by atoms with Crippen molar-refractivity contribution in [2.24, 2.45) is 5.41 Å². The van der Waals surface area contributed by atoms with E-state index >= 15 is 0 Å². The number of hydrogen-bond donors (Lipinski definition) is 1. The maximum atomic E-state index is 13.8. The van der Waals surface area contributed by atoms with E-state index in [1.54, 1.807) is 12.1 Å². The molecule has 1 aliphatic rings. The van der Waals surface area contributed by atoms with E-state index in [1.165, 1.54) is 24.1 Å². The minimum absolute atomic E-state index is 0.192. The van der Waals surface area contributed by atoms with Crippen molar-refractivity contribution in [2.75, 3.05) is 11.9 Å². The maximum Gasteiger partial charge on any atom is 0.242 e. The van der Waals surface area contributed by atoms with E-state index in [1.807, 2.05) is 20.8 Å². The highest BCUT2D eigenvalue weighted by atomic mass is 19.1. The van der Waals surface area contributed by atoms with Crippen LogP contribution in [0.25, 0.3) is 0 Å². The fourth-order valence-electron chi connectivity index (χ4n) is 2.28. The van der Waals surface area contributed by atoms with Gasteiger partial charge in [0, 0.05) is 12.6 Å². The minimum Gasteiger partial charge on any atom is -0.351 e. The van der Waals surface area contributed by atoms with Gasteiger partial charge in [-0.2, -0.15) is 0 Å². The Labute approximate surface area is 124 Å². The molecule has 2 rings (SSSR count). The average Bonchev–Trinajstić information content (AvgIpc) is 3.17. The van der Waals surface area contributed by atoms with Crippen LogP contribution in [0, 0.1) is 11.2 Å². The summed E-state index contributed by atoms with van der Waals surface area (Å²) in [4.78, 5) is 26.2. The summed E-state index contributed by atoms with van der Waals surface area (Å²) in [6, 6.07) is 6.06. The fourth-order valence-corrected chi connectivity index (χ4v) is 2.28. The monoisotopic (exact) mass is 292 g/mol. The van der Waals surface area contributed by atoms with E-state index in [9.17, 15) is 14.0 Å². The Hall–Kier alpha value is -1.91. The molecule has 0 atom stereocenters. The highest BCUT2D eigenvalue weighted by Gasteiger charge is 2.58. The second-order valence-corrected chi connectivity index (χ2v) is 6.60. The molecule has 1 fully saturated rings. The Balaban J connectivity index is 2.20. The second-order valence-electron chi connectivity index (χ2n) is 6.60. The molecule has 5 heteroatoms. The van der Waals surface area contributed by atoms with Gasteiger partial charge >= 0.3 is 0 Å². The van der Waals surface area contributed by atoms with Gasteiger partial charge in [0.25, 0.3) is 0 Å². The number of anilines is 1. The lowest BCUT2D eigenvalue weighted by molar-refractivity contribution is -0.136. The zero-order valence-corrected chi connectivity index (χ0v) is 12.9. The molecule has 1 aliphatic carbocycles. The van der Waals surface area contributed by atoms with Crippen molar-refractivity contribution in [3.8, 4) is 0 Å². The standard InChI is InChI=1S/C16H21FN2O2/c1-15(2,3)18-13(20)16(9-10-16)14(21)19(4)12-8-6-5-7-11(12)17/h5-8H,9-10H2,1-4H3,(H,18,20). The van der Waals surface area contributed by atoms with Crippen molar-refractivity contribution < 1.29 is 14.0 Å². The van der Waals surface area contributed by atoms with Crippen LogP contribution in [0.15, 0.2) is 24.3 Å². The van der Waals surface area contributed by atoms with Crippen molar-refractivity contribution in [1.29, 1.82) is 0 Å². The van der Waals surface area contributed by atoms with Crippen molar-refractivity contribution in [2.45, 2.75) is 39.2 Å². The Morgan fingerprint density at radius 1 is 1.24 bits per heavy atom. The van der Waals surface area contributed by atoms with Crippen LogP contribution in [0.2, 0.25) is 0 Å². The number of amides is 2. The van der Waals surface area contributed by atoms with Crippen LogP contribution in [0.1, 0.15) is 33.6 Å². The van der Waals surface area contributed by atoms with Crippen molar-refractivity contribution >= 4 is 17.5 Å². The fraction of sp³-hybridized carbons (Fsp3) is 0.500. The van der Waals surface area contributed by atoms with E-state index in [-0.39, 0.29) is 17.5 Å². The largest absolute Gasteiger partial charge is 0.351 e. The van der Waals surface area contributed by atoms with E-state index in [2.05, 4.69) is 5.32 Å². The van der Waals surface area contributed by atoms with Gasteiger partial charge in [-0.15, -0.1) is 0 Å². The van der Waals surface area contributed by atoms with Gasteiger partial charge in [-0.3, -0.25) is 9.59 Å². The van der Waals surface area contributed by atoms with Crippen LogP contribution in [0.5, 0.6) is 0 Å². The smallest absolute Gasteiger partial charge is 0.242 e. The molecular formula is C16H21FN2O2. The van der Waals surface area contributed by atoms with E-state index < -0.39 is 16.8 Å². The molecule has 0 aromatic heterocycles. The third kappa shape index (κ3) is 3.06. The van der Waals surface area contributed by atoms with Crippen LogP contribution in [-0.2, 0) is 9.59 Å². The third-order valence-electron chi connectivity index (χ3n) is 3.60. The Morgan fingerprint density at radius 3 is 2.29 bits per heavy atom. The van der Waals surface area contributed by atoms with Gasteiger partial charge in [-0.05, 0) is 45.7 Å². The number of nitrogens with one attached hydrogen (secondary N) is 1. The summed E-state index contributed by atoms with van der Waals surface area (Å²) < 4.78 is 13.8. The van der Waals surface area contributed by atoms with E-state index in [0.717, 1.165) is 0 Å². The predicted octanol–water partition coefficient (Wildman–Crippen LogP) is 2.48.